The van der Waals surface area contributed by atoms with E-state index in [2.05, 4.69) is 104 Å². The molecule has 0 aliphatic heterocycles. The van der Waals surface area contributed by atoms with E-state index in [9.17, 15) is 0 Å². The van der Waals surface area contributed by atoms with Crippen LogP contribution in [0.1, 0.15) is 96.1 Å². The van der Waals surface area contributed by atoms with Crippen molar-refractivity contribution < 1.29 is 33.9 Å². The first-order chi connectivity index (χ1) is 38.2. The fourth-order valence-electron chi connectivity index (χ4n) is 7.35. The molecule has 0 spiro atoms. The highest BCUT2D eigenvalue weighted by atomic mass is 127. The number of para-hydroxylation sites is 3. The van der Waals surface area contributed by atoms with Gasteiger partial charge in [-0.1, -0.05) is 195 Å². The highest BCUT2D eigenvalue weighted by Gasteiger charge is 2.22. The van der Waals surface area contributed by atoms with Crippen molar-refractivity contribution >= 4 is 160 Å². The third kappa shape index (κ3) is 23.2. The van der Waals surface area contributed by atoms with E-state index in [1.54, 1.807) is 6.33 Å². The van der Waals surface area contributed by atoms with Gasteiger partial charge in [0.25, 0.3) is 20.6 Å². The lowest BCUT2D eigenvalue weighted by Gasteiger charge is -2.01. The number of alkyl halides is 2. The maximum Gasteiger partial charge on any atom is 0.255 e. The summed E-state index contributed by atoms with van der Waals surface area (Å²) in [5.74, 6) is 0.477. The average Bonchev–Trinajstić information content (AvgIpc) is 4.19. The maximum atomic E-state index is 6.34. The number of hydrogen-bond donors (Lipinski definition) is 1. The third-order valence-corrected chi connectivity index (χ3v) is 16.0. The minimum absolute atomic E-state index is 0. The van der Waals surface area contributed by atoms with Gasteiger partial charge in [-0.2, -0.15) is 0 Å². The van der Waals surface area contributed by atoms with Crippen molar-refractivity contribution in [2.75, 3.05) is 4.43 Å². The fourth-order valence-corrected chi connectivity index (χ4v) is 9.69. The lowest BCUT2D eigenvalue weighted by molar-refractivity contribution is -0.686. The van der Waals surface area contributed by atoms with Crippen LogP contribution in [0.4, 0.5) is 0 Å². The van der Waals surface area contributed by atoms with E-state index in [-0.39, 0.29) is 24.8 Å². The zero-order chi connectivity index (χ0) is 57.1. The lowest BCUT2D eigenvalue weighted by Crippen LogP contribution is -3.00. The Bertz CT molecular complexity index is 3250. The minimum atomic E-state index is 0. The number of hydrogen-bond acceptors (Lipinski definition) is 5. The second kappa shape index (κ2) is 39.3. The Morgan fingerprint density at radius 2 is 0.864 bits per heavy atom. The highest BCUT2D eigenvalue weighted by molar-refractivity contribution is 14.1. The molecule has 0 radical (unpaired) electrons. The molecular weight excluding hydrogens is 1370 g/mol. The van der Waals surface area contributed by atoms with Gasteiger partial charge in [0, 0.05) is 22.7 Å². The SMILES string of the molecule is CCCCI.CCCCn1c[n+](Cc2ccc3ccccc3n2)c(Cl)c1Cl.CCCCn1c[n+](Cc2ccc3ccccc3n2)c(Cl)c1Cl.CCCCn1cnc(Cl)c1Cl.ClCc1ccc2ccccc2n1.Clc1nc[nH]c1Cl.[Cl-].[Cl-]. The molecule has 0 atom stereocenters. The molecule has 23 heteroatoms. The minimum Gasteiger partial charge on any atom is -1.00 e. The third-order valence-electron chi connectivity index (χ3n) is 11.7. The maximum absolute atomic E-state index is 6.34. The Morgan fingerprint density at radius 3 is 1.19 bits per heavy atom. The summed E-state index contributed by atoms with van der Waals surface area (Å²) < 4.78 is 11.0. The predicted octanol–water partition coefficient (Wildman–Crippen LogP) is 12.9. The van der Waals surface area contributed by atoms with E-state index in [0.29, 0.717) is 60.2 Å². The van der Waals surface area contributed by atoms with E-state index in [4.69, 9.17) is 104 Å². The number of pyridine rings is 3. The van der Waals surface area contributed by atoms with Crippen LogP contribution in [-0.2, 0) is 38.6 Å². The Labute approximate surface area is 547 Å². The van der Waals surface area contributed by atoms with Crippen LogP contribution in [0.15, 0.2) is 135 Å². The summed E-state index contributed by atoms with van der Waals surface area (Å²) in [5, 5.41) is 7.40. The van der Waals surface area contributed by atoms with Gasteiger partial charge >= 0.3 is 0 Å². The molecule has 0 fully saturated rings. The lowest BCUT2D eigenvalue weighted by atomic mass is 10.2. The van der Waals surface area contributed by atoms with Crippen LogP contribution in [0.5, 0.6) is 0 Å². The Balaban J connectivity index is 0.000000271. The molecule has 1 N–H and O–H groups in total. The van der Waals surface area contributed by atoms with Crippen molar-refractivity contribution in [3.05, 3.63) is 193 Å². The second-order valence-electron chi connectivity index (χ2n) is 17.8. The Morgan fingerprint density at radius 1 is 0.469 bits per heavy atom. The molecule has 7 aromatic heterocycles. The van der Waals surface area contributed by atoms with Gasteiger partial charge in [-0.3, -0.25) is 4.98 Å². The first-order valence-corrected chi connectivity index (χ1v) is 31.1. The van der Waals surface area contributed by atoms with Gasteiger partial charge in [0.15, 0.2) is 10.3 Å². The van der Waals surface area contributed by atoms with E-state index in [0.717, 1.165) is 108 Å². The molecule has 7 heterocycles. The summed E-state index contributed by atoms with van der Waals surface area (Å²) in [6.45, 7) is 12.5. The van der Waals surface area contributed by atoms with Crippen molar-refractivity contribution in [2.24, 2.45) is 0 Å². The van der Waals surface area contributed by atoms with Crippen LogP contribution in [-0.4, -0.2) is 48.0 Å². The molecule has 10 rings (SSSR count). The molecule has 0 unspecified atom stereocenters. The molecule has 0 aliphatic carbocycles. The largest absolute Gasteiger partial charge is 1.00 e. The summed E-state index contributed by atoms with van der Waals surface area (Å²) in [7, 11) is 0. The quantitative estimate of drug-likeness (QED) is 0.0590. The molecule has 0 amide bonds. The van der Waals surface area contributed by atoms with Crippen LogP contribution in [0, 0.1) is 0 Å². The average molecular weight is 1430 g/mol. The molecule has 3 aromatic carbocycles. The normalized spacial score (nSPS) is 10.4. The van der Waals surface area contributed by atoms with E-state index in [1.807, 2.05) is 120 Å². The number of H-pyrrole nitrogens is 1. The molecule has 81 heavy (non-hydrogen) atoms. The first kappa shape index (κ1) is 71.9. The van der Waals surface area contributed by atoms with Crippen molar-refractivity contribution in [3.8, 4) is 0 Å². The summed E-state index contributed by atoms with van der Waals surface area (Å²) >= 11 is 55.5. The number of halogens is 12. The number of rotatable bonds is 16. The van der Waals surface area contributed by atoms with Gasteiger partial charge in [-0.15, -0.1) is 11.6 Å². The van der Waals surface area contributed by atoms with E-state index >= 15 is 0 Å². The fraction of sp³-hybridized carbons (Fsp3) is 0.328. The highest BCUT2D eigenvalue weighted by Crippen LogP contribution is 2.23. The molecule has 0 saturated heterocycles. The molecule has 0 saturated carbocycles. The number of nitrogens with one attached hydrogen (secondary N) is 1. The number of imidazole rings is 4. The molecule has 0 aliphatic rings. The summed E-state index contributed by atoms with van der Waals surface area (Å²) in [4.78, 5) is 23.8. The molecular formula is C58H65Cl11IN11. The number of aromatic nitrogens is 11. The Kier molecular flexibility index (Phi) is 34.9. The van der Waals surface area contributed by atoms with E-state index in [1.165, 1.54) is 23.6 Å². The molecule has 10 aromatic rings. The zero-order valence-corrected chi connectivity index (χ0v) is 55.8. The number of unbranched alkanes of at least 4 members (excludes halogenated alkanes) is 4. The smallest absolute Gasteiger partial charge is 0.255 e. The second-order valence-corrected chi connectivity index (χ2v) is 22.0. The summed E-state index contributed by atoms with van der Waals surface area (Å²) in [6.07, 6.45) is 16.4. The molecule has 436 valence electrons. The van der Waals surface area contributed by atoms with Crippen LogP contribution < -0.4 is 33.9 Å². The van der Waals surface area contributed by atoms with Crippen LogP contribution in [0.3, 0.4) is 0 Å². The van der Waals surface area contributed by atoms with Crippen LogP contribution in [0.2, 0.25) is 41.2 Å². The van der Waals surface area contributed by atoms with E-state index < -0.39 is 0 Å². The van der Waals surface area contributed by atoms with Crippen molar-refractivity contribution in [3.63, 3.8) is 0 Å². The number of benzene rings is 3. The topological polar surface area (TPSA) is 103 Å². The standard InChI is InChI=1S/2C17H18Cl2N3.C10H8ClN.C7H10Cl2N2.C4H9I.C3H2Cl2N2.2ClH/c2*1-2-3-10-21-12-22(17(19)16(21)18)11-14-9-8-13-6-4-5-7-15(13)20-14;11-7-9-6-5-8-3-1-2-4-10(8)12-9;1-2-3-4-11-5-10-6(8)7(11)9;1-2-3-4-5;4-2-3(5)7-1-6-2;;/h2*4-9,12H,2-3,10-11H2,1H3;1-6H,7H2;5H,2-4H2,1H3;2-4H2,1H3;1H,(H,6,7);2*1H/q2*+1;;;;;;/p-2. The van der Waals surface area contributed by atoms with Gasteiger partial charge in [0.2, 0.25) is 12.7 Å². The van der Waals surface area contributed by atoms with Gasteiger partial charge < -0.3 is 34.4 Å². The zero-order valence-electron chi connectivity index (χ0n) is 45.3. The summed E-state index contributed by atoms with van der Waals surface area (Å²) in [5.41, 5.74) is 5.86. The predicted molar refractivity (Wildman–Crippen MR) is 342 cm³/mol. The molecule has 0 bridgehead atoms. The van der Waals surface area contributed by atoms with Crippen molar-refractivity contribution in [1.82, 2.24) is 43.6 Å². The number of fused-ring (bicyclic) bond motifs is 3. The van der Waals surface area contributed by atoms with Gasteiger partial charge in [0.05, 0.1) is 65.3 Å². The number of aryl methyl sites for hydroxylation is 3. The van der Waals surface area contributed by atoms with Gasteiger partial charge in [-0.25, -0.2) is 38.2 Å². The first-order valence-electron chi connectivity index (χ1n) is 26.0. The van der Waals surface area contributed by atoms with Crippen molar-refractivity contribution in [1.29, 1.82) is 0 Å². The number of nitrogens with zero attached hydrogens (tertiary/aromatic N) is 10. The Hall–Kier alpha value is -3.35. The van der Waals surface area contributed by atoms with Crippen LogP contribution in [0.25, 0.3) is 32.7 Å². The van der Waals surface area contributed by atoms with Gasteiger partial charge in [-0.05, 0) is 113 Å². The monoisotopic (exact) mass is 1430 g/mol. The van der Waals surface area contributed by atoms with Gasteiger partial charge in [0.1, 0.15) is 23.4 Å². The summed E-state index contributed by atoms with van der Waals surface area (Å²) in [6, 6.07) is 36.4. The molecule has 11 nitrogen and oxygen atoms in total. The van der Waals surface area contributed by atoms with Crippen molar-refractivity contribution in [2.45, 2.75) is 118 Å². The number of aromatic amines is 1. The van der Waals surface area contributed by atoms with Crippen LogP contribution >= 0.6 is 127 Å².